The minimum absolute atomic E-state index is 0.0245. The maximum Gasteiger partial charge on any atom is 0.263 e. The van der Waals surface area contributed by atoms with Crippen LogP contribution in [0.1, 0.15) is 17.6 Å². The third-order valence-electron chi connectivity index (χ3n) is 1.47. The molecule has 1 rings (SSSR count). The van der Waals surface area contributed by atoms with Crippen LogP contribution >= 0.6 is 12.6 Å². The molecule has 0 fully saturated rings. The van der Waals surface area contributed by atoms with E-state index >= 15 is 0 Å². The fourth-order valence-electron chi connectivity index (χ4n) is 0.854. The lowest BCUT2D eigenvalue weighted by Gasteiger charge is -1.97. The van der Waals surface area contributed by atoms with E-state index in [2.05, 4.69) is 24.5 Å². The second kappa shape index (κ2) is 4.88. The number of rotatable bonds is 1. The molecule has 0 spiro atoms. The normalized spacial score (nSPS) is 9.54. The van der Waals surface area contributed by atoms with Crippen molar-refractivity contribution in [2.75, 3.05) is 5.75 Å². The first-order chi connectivity index (χ1) is 6.24. The molecule has 0 N–H and O–H groups in total. The molecule has 0 radical (unpaired) electrons. The average molecular weight is 198 g/mol. The summed E-state index contributed by atoms with van der Waals surface area (Å²) in [6.07, 6.45) is -2.41. The highest BCUT2D eigenvalue weighted by Gasteiger charge is 2.04. The summed E-state index contributed by atoms with van der Waals surface area (Å²) in [6.45, 7) is 0. The molecule has 0 aliphatic carbocycles. The molecule has 13 heavy (non-hydrogen) atoms. The summed E-state index contributed by atoms with van der Waals surface area (Å²) in [5.74, 6) is 6.00. The minimum Gasteiger partial charge on any atom is -0.205 e. The molecule has 0 amide bonds. The molecule has 1 aromatic rings. The Kier molecular flexibility index (Phi) is 3.78. The van der Waals surface area contributed by atoms with Gasteiger partial charge in [0.15, 0.2) is 0 Å². The van der Waals surface area contributed by atoms with Gasteiger partial charge in [-0.25, -0.2) is 8.78 Å². The molecule has 0 saturated carbocycles. The first-order valence-corrected chi connectivity index (χ1v) is 4.35. The number of thiol groups is 1. The topological polar surface area (TPSA) is 0 Å². The Morgan fingerprint density at radius 2 is 1.85 bits per heavy atom. The van der Waals surface area contributed by atoms with Gasteiger partial charge in [-0.15, -0.1) is 0 Å². The van der Waals surface area contributed by atoms with E-state index < -0.39 is 6.43 Å². The molecule has 0 saturated heterocycles. The van der Waals surface area contributed by atoms with E-state index in [9.17, 15) is 8.78 Å². The van der Waals surface area contributed by atoms with Crippen LogP contribution in [0.25, 0.3) is 0 Å². The van der Waals surface area contributed by atoms with E-state index in [-0.39, 0.29) is 5.56 Å². The molecule has 1 aromatic carbocycles. The zero-order valence-corrected chi connectivity index (χ0v) is 7.69. The van der Waals surface area contributed by atoms with Crippen molar-refractivity contribution in [2.24, 2.45) is 0 Å². The summed E-state index contributed by atoms with van der Waals surface area (Å²) in [5.41, 5.74) is 0.759. The molecule has 3 heteroatoms. The van der Waals surface area contributed by atoms with E-state index in [4.69, 9.17) is 0 Å². The van der Waals surface area contributed by atoms with Crippen molar-refractivity contribution in [1.29, 1.82) is 0 Å². The van der Waals surface area contributed by atoms with Crippen molar-refractivity contribution in [3.8, 4) is 11.8 Å². The molecule has 0 aliphatic rings. The lowest BCUT2D eigenvalue weighted by molar-refractivity contribution is 0.151. The van der Waals surface area contributed by atoms with Gasteiger partial charge in [0.05, 0.1) is 5.75 Å². The second-order valence-electron chi connectivity index (χ2n) is 2.38. The SMILES string of the molecule is FC(F)c1ccc(C#CCS)cc1. The third-order valence-corrected chi connectivity index (χ3v) is 1.63. The maximum atomic E-state index is 12.1. The van der Waals surface area contributed by atoms with E-state index in [1.54, 1.807) is 12.1 Å². The number of halogens is 2. The molecule has 0 unspecified atom stereocenters. The van der Waals surface area contributed by atoms with Gasteiger partial charge in [0.2, 0.25) is 0 Å². The summed E-state index contributed by atoms with van der Waals surface area (Å²) in [5, 5.41) is 0. The molecule has 0 bridgehead atoms. The standard InChI is InChI=1S/C10H8F2S/c11-10(12)9-5-3-8(4-6-9)2-1-7-13/h3-6,10,13H,7H2. The summed E-state index contributed by atoms with van der Waals surface area (Å²) in [4.78, 5) is 0. The fourth-order valence-corrected chi connectivity index (χ4v) is 0.933. The van der Waals surface area contributed by atoms with Crippen molar-refractivity contribution in [3.05, 3.63) is 35.4 Å². The van der Waals surface area contributed by atoms with Gasteiger partial charge in [-0.2, -0.15) is 12.6 Å². The molecule has 0 aliphatic heterocycles. The number of benzene rings is 1. The van der Waals surface area contributed by atoms with Crippen molar-refractivity contribution in [2.45, 2.75) is 6.43 Å². The van der Waals surface area contributed by atoms with Crippen molar-refractivity contribution in [3.63, 3.8) is 0 Å². The van der Waals surface area contributed by atoms with Crippen LogP contribution in [0.3, 0.4) is 0 Å². The summed E-state index contributed by atoms with van der Waals surface area (Å²) in [7, 11) is 0. The van der Waals surface area contributed by atoms with Crippen LogP contribution in [-0.4, -0.2) is 5.75 Å². The highest BCUT2D eigenvalue weighted by atomic mass is 32.1. The molecule has 0 heterocycles. The van der Waals surface area contributed by atoms with Gasteiger partial charge in [-0.3, -0.25) is 0 Å². The van der Waals surface area contributed by atoms with Gasteiger partial charge in [0.1, 0.15) is 0 Å². The van der Waals surface area contributed by atoms with Crippen molar-refractivity contribution < 1.29 is 8.78 Å². The lowest BCUT2D eigenvalue weighted by Crippen LogP contribution is -1.83. The Morgan fingerprint density at radius 3 is 2.31 bits per heavy atom. The Labute approximate surface area is 81.4 Å². The lowest BCUT2D eigenvalue weighted by atomic mass is 10.1. The van der Waals surface area contributed by atoms with Gasteiger partial charge in [0.25, 0.3) is 6.43 Å². The monoisotopic (exact) mass is 198 g/mol. The van der Waals surface area contributed by atoms with E-state index in [1.807, 2.05) is 0 Å². The van der Waals surface area contributed by atoms with Crippen LogP contribution in [-0.2, 0) is 0 Å². The quantitative estimate of drug-likeness (QED) is 0.520. The van der Waals surface area contributed by atoms with E-state index in [0.29, 0.717) is 5.75 Å². The fraction of sp³-hybridized carbons (Fsp3) is 0.200. The first-order valence-electron chi connectivity index (χ1n) is 3.72. The van der Waals surface area contributed by atoms with Gasteiger partial charge >= 0.3 is 0 Å². The zero-order valence-electron chi connectivity index (χ0n) is 6.80. The minimum atomic E-state index is -2.41. The Bertz CT molecular complexity index is 319. The summed E-state index contributed by atoms with van der Waals surface area (Å²) >= 11 is 3.91. The zero-order chi connectivity index (χ0) is 9.68. The molecular formula is C10H8F2S. The Balaban J connectivity index is 2.81. The second-order valence-corrected chi connectivity index (χ2v) is 2.70. The van der Waals surface area contributed by atoms with Crippen LogP contribution in [0.4, 0.5) is 8.78 Å². The largest absolute Gasteiger partial charge is 0.263 e. The predicted octanol–water partition coefficient (Wildman–Crippen LogP) is 2.91. The maximum absolute atomic E-state index is 12.1. The Hall–Kier alpha value is -1.01. The molecule has 0 nitrogen and oxygen atoms in total. The van der Waals surface area contributed by atoms with Crippen molar-refractivity contribution >= 4 is 12.6 Å². The smallest absolute Gasteiger partial charge is 0.205 e. The predicted molar refractivity (Wildman–Crippen MR) is 52.1 cm³/mol. The molecule has 0 atom stereocenters. The number of hydrogen-bond acceptors (Lipinski definition) is 1. The number of alkyl halides is 2. The average Bonchev–Trinajstić information content (AvgIpc) is 2.15. The Morgan fingerprint density at radius 1 is 1.23 bits per heavy atom. The van der Waals surface area contributed by atoms with Crippen LogP contribution < -0.4 is 0 Å². The van der Waals surface area contributed by atoms with Gasteiger partial charge in [0, 0.05) is 11.1 Å². The highest BCUT2D eigenvalue weighted by molar-refractivity contribution is 7.80. The molecule has 0 aromatic heterocycles. The molecular weight excluding hydrogens is 190 g/mol. The van der Waals surface area contributed by atoms with E-state index in [0.717, 1.165) is 5.56 Å². The van der Waals surface area contributed by atoms with Crippen LogP contribution in [0.15, 0.2) is 24.3 Å². The van der Waals surface area contributed by atoms with Crippen LogP contribution in [0, 0.1) is 11.8 Å². The van der Waals surface area contributed by atoms with Gasteiger partial charge < -0.3 is 0 Å². The third kappa shape index (κ3) is 3.08. The van der Waals surface area contributed by atoms with Crippen molar-refractivity contribution in [1.82, 2.24) is 0 Å². The molecule has 68 valence electrons. The van der Waals surface area contributed by atoms with Crippen LogP contribution in [0.5, 0.6) is 0 Å². The highest BCUT2D eigenvalue weighted by Crippen LogP contribution is 2.18. The summed E-state index contributed by atoms with van der Waals surface area (Å²) < 4.78 is 24.2. The van der Waals surface area contributed by atoms with Gasteiger partial charge in [-0.05, 0) is 12.1 Å². The van der Waals surface area contributed by atoms with Crippen LogP contribution in [0.2, 0.25) is 0 Å². The number of hydrogen-bond donors (Lipinski definition) is 1. The van der Waals surface area contributed by atoms with Gasteiger partial charge in [-0.1, -0.05) is 24.0 Å². The van der Waals surface area contributed by atoms with E-state index in [1.165, 1.54) is 12.1 Å². The first kappa shape index (κ1) is 10.1. The summed E-state index contributed by atoms with van der Waals surface area (Å²) in [6, 6.07) is 5.93.